The van der Waals surface area contributed by atoms with Crippen LogP contribution >= 0.6 is 23.2 Å². The van der Waals surface area contributed by atoms with E-state index in [1.165, 1.54) is 12.0 Å². The number of carbonyl (C=O) groups is 3. The second kappa shape index (κ2) is 20.1. The molecule has 1 aliphatic carbocycles. The minimum Gasteiger partial charge on any atom is -0.490 e. The number of hydrogen-bond acceptors (Lipinski definition) is 8. The van der Waals surface area contributed by atoms with Crippen molar-refractivity contribution in [3.05, 3.63) is 122 Å². The molecule has 13 heteroatoms. The number of amides is 2. The predicted octanol–water partition coefficient (Wildman–Crippen LogP) is 8.98. The normalized spacial score (nSPS) is 16.4. The fraction of sp³-hybridized carbons (Fsp3) is 0.400. The smallest absolute Gasteiger partial charge is 0.407 e. The number of ether oxygens (including phenoxy) is 5. The lowest BCUT2D eigenvalue weighted by Crippen LogP contribution is -2.49. The van der Waals surface area contributed by atoms with Crippen LogP contribution in [-0.2, 0) is 33.8 Å². The summed E-state index contributed by atoms with van der Waals surface area (Å²) < 4.78 is 28.1. The standard InChI is InChI=1S/C45H50Cl2N2O9/c1-29-21-40(46)42(41(47)22-29)57-20-19-56-36-14-10-33(11-15-36)38-16-17-48(45(52)53)27-39(38)43(50)49(35-12-13-35)26-32-23-31(5-4-18-54-2)24-37(25-32)58-28-30-6-8-34(9-7-30)44(51)55-3/h6-11,14-15,21-25,35,38-39H,4-5,12-13,16-20,26-28H2,1-3H3,(H,52,53)/t38-,39+/m1/s1. The van der Waals surface area contributed by atoms with Gasteiger partial charge in [0.1, 0.15) is 31.3 Å². The van der Waals surface area contributed by atoms with Gasteiger partial charge >= 0.3 is 12.1 Å². The van der Waals surface area contributed by atoms with E-state index in [9.17, 15) is 19.5 Å². The number of halogens is 2. The second-order valence-corrected chi connectivity index (χ2v) is 15.6. The summed E-state index contributed by atoms with van der Waals surface area (Å²) in [5, 5.41) is 10.9. The van der Waals surface area contributed by atoms with Crippen LogP contribution in [0, 0.1) is 12.8 Å². The molecule has 1 N–H and O–H groups in total. The van der Waals surface area contributed by atoms with Crippen molar-refractivity contribution in [2.75, 3.05) is 47.1 Å². The van der Waals surface area contributed by atoms with E-state index in [-0.39, 0.29) is 44.2 Å². The average molecular weight is 834 g/mol. The molecule has 1 heterocycles. The zero-order valence-electron chi connectivity index (χ0n) is 33.1. The van der Waals surface area contributed by atoms with Crippen molar-refractivity contribution in [2.45, 2.75) is 64.1 Å². The molecule has 58 heavy (non-hydrogen) atoms. The largest absolute Gasteiger partial charge is 0.490 e. The van der Waals surface area contributed by atoms with Gasteiger partial charge in [0.25, 0.3) is 0 Å². The maximum Gasteiger partial charge on any atom is 0.407 e. The summed E-state index contributed by atoms with van der Waals surface area (Å²) in [5.74, 6) is 0.530. The molecule has 0 bridgehead atoms. The molecule has 1 saturated heterocycles. The van der Waals surface area contributed by atoms with Gasteiger partial charge in [0.15, 0.2) is 5.75 Å². The fourth-order valence-corrected chi connectivity index (χ4v) is 8.09. The van der Waals surface area contributed by atoms with E-state index < -0.39 is 18.0 Å². The second-order valence-electron chi connectivity index (χ2n) is 14.8. The van der Waals surface area contributed by atoms with Crippen molar-refractivity contribution in [3.63, 3.8) is 0 Å². The van der Waals surface area contributed by atoms with Crippen LogP contribution in [0.5, 0.6) is 17.2 Å². The molecule has 2 aliphatic rings. The Bertz CT molecular complexity index is 2020. The summed E-state index contributed by atoms with van der Waals surface area (Å²) in [7, 11) is 3.03. The predicted molar refractivity (Wildman–Crippen MR) is 221 cm³/mol. The van der Waals surface area contributed by atoms with E-state index in [1.54, 1.807) is 31.4 Å². The number of likely N-dealkylation sites (tertiary alicyclic amines) is 1. The molecule has 2 fully saturated rings. The van der Waals surface area contributed by atoms with Crippen LogP contribution < -0.4 is 14.2 Å². The number of piperidine rings is 1. The van der Waals surface area contributed by atoms with Crippen molar-refractivity contribution < 1.29 is 43.2 Å². The highest BCUT2D eigenvalue weighted by Crippen LogP contribution is 2.39. The Kier molecular flexibility index (Phi) is 14.8. The van der Waals surface area contributed by atoms with Gasteiger partial charge in [-0.1, -0.05) is 53.5 Å². The monoisotopic (exact) mass is 832 g/mol. The Morgan fingerprint density at radius 1 is 0.793 bits per heavy atom. The fourth-order valence-electron chi connectivity index (χ4n) is 7.39. The Hall–Kier alpha value is -4.97. The highest BCUT2D eigenvalue weighted by molar-refractivity contribution is 6.37. The van der Waals surface area contributed by atoms with Gasteiger partial charge in [0, 0.05) is 39.4 Å². The lowest BCUT2D eigenvalue weighted by molar-refractivity contribution is -0.139. The van der Waals surface area contributed by atoms with Gasteiger partial charge in [-0.15, -0.1) is 0 Å². The average Bonchev–Trinajstić information content (AvgIpc) is 4.07. The van der Waals surface area contributed by atoms with Gasteiger partial charge in [-0.05, 0) is 121 Å². The molecule has 4 aromatic rings. The van der Waals surface area contributed by atoms with Crippen molar-refractivity contribution in [2.24, 2.45) is 5.92 Å². The first-order valence-corrected chi connectivity index (χ1v) is 20.3. The highest BCUT2D eigenvalue weighted by Gasteiger charge is 2.42. The lowest BCUT2D eigenvalue weighted by atomic mass is 9.79. The first-order chi connectivity index (χ1) is 28.0. The van der Waals surface area contributed by atoms with Crippen LogP contribution in [0.15, 0.2) is 78.9 Å². The summed E-state index contributed by atoms with van der Waals surface area (Å²) in [6, 6.07) is 24.5. The number of carboxylic acid groups (broad SMARTS) is 1. The van der Waals surface area contributed by atoms with Crippen LogP contribution in [0.4, 0.5) is 4.79 Å². The minimum absolute atomic E-state index is 0.0534. The summed E-state index contributed by atoms with van der Waals surface area (Å²) in [6.07, 6.45) is 2.86. The summed E-state index contributed by atoms with van der Waals surface area (Å²) in [6.45, 7) is 4.13. The Labute approximate surface area is 349 Å². The number of rotatable bonds is 18. The van der Waals surface area contributed by atoms with Crippen LogP contribution in [0.3, 0.4) is 0 Å². The van der Waals surface area contributed by atoms with Crippen LogP contribution in [0.2, 0.25) is 10.0 Å². The van der Waals surface area contributed by atoms with Crippen molar-refractivity contribution in [1.82, 2.24) is 9.80 Å². The Balaban J connectivity index is 1.16. The highest BCUT2D eigenvalue weighted by atomic mass is 35.5. The molecule has 0 radical (unpaired) electrons. The number of nitrogens with zero attached hydrogens (tertiary/aromatic N) is 2. The van der Waals surface area contributed by atoms with Crippen molar-refractivity contribution in [1.29, 1.82) is 0 Å². The molecule has 0 aromatic heterocycles. The first kappa shape index (κ1) is 42.6. The molecule has 0 spiro atoms. The van der Waals surface area contributed by atoms with Crippen LogP contribution in [0.1, 0.15) is 69.8 Å². The maximum atomic E-state index is 14.7. The molecule has 2 atom stereocenters. The van der Waals surface area contributed by atoms with E-state index in [2.05, 4.69) is 6.07 Å². The number of methoxy groups -OCH3 is 2. The van der Waals surface area contributed by atoms with Gasteiger partial charge in [0.05, 0.1) is 28.6 Å². The SMILES string of the molecule is COCCCc1cc(CN(C(=O)[C@H]2CN(C(=O)O)CC[C@@H]2c2ccc(OCCOc3c(Cl)cc(C)cc3Cl)cc2)C2CC2)cc(OCc2ccc(C(=O)OC)cc2)c1. The number of esters is 1. The van der Waals surface area contributed by atoms with E-state index >= 15 is 0 Å². The molecule has 4 aromatic carbocycles. The van der Waals surface area contributed by atoms with Gasteiger partial charge in [-0.2, -0.15) is 0 Å². The molecular weight excluding hydrogens is 783 g/mol. The molecular formula is C45H50Cl2N2O9. The third-order valence-electron chi connectivity index (χ3n) is 10.5. The number of hydrogen-bond donors (Lipinski definition) is 1. The van der Waals surface area contributed by atoms with E-state index in [1.807, 2.05) is 60.4 Å². The Morgan fingerprint density at radius 3 is 2.14 bits per heavy atom. The molecule has 308 valence electrons. The van der Waals surface area contributed by atoms with E-state index in [0.717, 1.165) is 53.5 Å². The first-order valence-electron chi connectivity index (χ1n) is 19.5. The van der Waals surface area contributed by atoms with E-state index in [4.69, 9.17) is 46.9 Å². The van der Waals surface area contributed by atoms with Gasteiger partial charge in [0.2, 0.25) is 5.91 Å². The van der Waals surface area contributed by atoms with Crippen molar-refractivity contribution >= 4 is 41.2 Å². The molecule has 0 unspecified atom stereocenters. The van der Waals surface area contributed by atoms with Gasteiger partial charge in [-0.25, -0.2) is 9.59 Å². The number of aryl methyl sites for hydroxylation is 2. The van der Waals surface area contributed by atoms with Gasteiger partial charge in [-0.3, -0.25) is 4.79 Å². The topological polar surface area (TPSA) is 124 Å². The molecule has 11 nitrogen and oxygen atoms in total. The quantitative estimate of drug-likeness (QED) is 0.0773. The molecule has 6 rings (SSSR count). The Morgan fingerprint density at radius 2 is 1.48 bits per heavy atom. The zero-order valence-corrected chi connectivity index (χ0v) is 34.6. The molecule has 1 saturated carbocycles. The molecule has 1 aliphatic heterocycles. The van der Waals surface area contributed by atoms with Crippen LogP contribution in [0.25, 0.3) is 0 Å². The van der Waals surface area contributed by atoms with E-state index in [0.29, 0.717) is 59.0 Å². The third-order valence-corrected chi connectivity index (χ3v) is 11.1. The summed E-state index contributed by atoms with van der Waals surface area (Å²) >= 11 is 12.6. The summed E-state index contributed by atoms with van der Waals surface area (Å²) in [5.41, 5.74) is 5.25. The maximum absolute atomic E-state index is 14.7. The lowest BCUT2D eigenvalue weighted by Gasteiger charge is -2.39. The number of carbonyl (C=O) groups excluding carboxylic acids is 2. The minimum atomic E-state index is -1.03. The molecule has 2 amide bonds. The van der Waals surface area contributed by atoms with Gasteiger partial charge < -0.3 is 38.6 Å². The summed E-state index contributed by atoms with van der Waals surface area (Å²) in [4.78, 5) is 42.1. The number of benzene rings is 4. The zero-order chi connectivity index (χ0) is 41.2. The van der Waals surface area contributed by atoms with Crippen LogP contribution in [-0.4, -0.2) is 86.0 Å². The van der Waals surface area contributed by atoms with Crippen molar-refractivity contribution in [3.8, 4) is 17.2 Å². The third kappa shape index (κ3) is 11.4.